The van der Waals surface area contributed by atoms with Crippen molar-refractivity contribution in [2.45, 2.75) is 46.0 Å². The third-order valence-corrected chi connectivity index (χ3v) is 3.99. The van der Waals surface area contributed by atoms with Crippen molar-refractivity contribution in [3.63, 3.8) is 0 Å². The summed E-state index contributed by atoms with van der Waals surface area (Å²) in [6.07, 6.45) is 4.66. The summed E-state index contributed by atoms with van der Waals surface area (Å²) < 4.78 is 15.4. The van der Waals surface area contributed by atoms with Crippen LogP contribution in [0.3, 0.4) is 0 Å². The summed E-state index contributed by atoms with van der Waals surface area (Å²) in [6, 6.07) is 13.4. The van der Waals surface area contributed by atoms with Crippen molar-refractivity contribution >= 4 is 12.1 Å². The number of esters is 1. The zero-order chi connectivity index (χ0) is 19.5. The van der Waals surface area contributed by atoms with Gasteiger partial charge in [0.1, 0.15) is 11.5 Å². The molecular formula is C22H26O5. The Kier molecular flexibility index (Phi) is 8.36. The Morgan fingerprint density at radius 3 is 2.04 bits per heavy atom. The lowest BCUT2D eigenvalue weighted by molar-refractivity contribution is 0.0734. The van der Waals surface area contributed by atoms with Crippen LogP contribution >= 0.6 is 0 Å². The van der Waals surface area contributed by atoms with Gasteiger partial charge in [0.15, 0.2) is 0 Å². The highest BCUT2D eigenvalue weighted by molar-refractivity contribution is 5.91. The van der Waals surface area contributed by atoms with Gasteiger partial charge in [0.25, 0.3) is 0 Å². The minimum absolute atomic E-state index is 0.317. The van der Waals surface area contributed by atoms with Gasteiger partial charge in [-0.1, -0.05) is 50.3 Å². The molecule has 5 nitrogen and oxygen atoms in total. The van der Waals surface area contributed by atoms with Crippen molar-refractivity contribution in [2.75, 3.05) is 6.61 Å². The lowest BCUT2D eigenvalue weighted by Gasteiger charge is -2.07. The molecule has 27 heavy (non-hydrogen) atoms. The molecule has 0 aromatic heterocycles. The summed E-state index contributed by atoms with van der Waals surface area (Å²) in [5.41, 5.74) is 1.45. The summed E-state index contributed by atoms with van der Waals surface area (Å²) in [6.45, 7) is 4.46. The lowest BCUT2D eigenvalue weighted by atomic mass is 10.2. The van der Waals surface area contributed by atoms with E-state index < -0.39 is 12.1 Å². The number of ether oxygens (including phenoxy) is 3. The summed E-state index contributed by atoms with van der Waals surface area (Å²) >= 11 is 0. The van der Waals surface area contributed by atoms with E-state index >= 15 is 0 Å². The molecule has 2 rings (SSSR count). The molecule has 0 fully saturated rings. The first-order valence-electron chi connectivity index (χ1n) is 9.32. The first-order valence-corrected chi connectivity index (χ1v) is 9.32. The molecule has 0 aliphatic rings. The standard InChI is InChI=1S/C22H26O5/c1-3-4-5-6-7-16-25-22(24)27-20-14-10-18(11-15-20)21(23)26-19-12-8-17(2)9-13-19/h8-15H,3-7,16H2,1-2H3. The van der Waals surface area contributed by atoms with Crippen LogP contribution in [0.5, 0.6) is 11.5 Å². The van der Waals surface area contributed by atoms with E-state index in [1.165, 1.54) is 25.0 Å². The molecule has 0 unspecified atom stereocenters. The maximum atomic E-state index is 12.1. The average molecular weight is 370 g/mol. The molecule has 144 valence electrons. The molecule has 0 amide bonds. The number of aryl methyl sites for hydroxylation is 1. The lowest BCUT2D eigenvalue weighted by Crippen LogP contribution is -2.12. The number of benzene rings is 2. The first-order chi connectivity index (χ1) is 13.1. The fraction of sp³-hybridized carbons (Fsp3) is 0.364. The quantitative estimate of drug-likeness (QED) is 0.245. The van der Waals surface area contributed by atoms with E-state index in [0.29, 0.717) is 23.7 Å². The van der Waals surface area contributed by atoms with Gasteiger partial charge in [-0.15, -0.1) is 0 Å². The van der Waals surface area contributed by atoms with Gasteiger partial charge in [0.05, 0.1) is 12.2 Å². The number of carbonyl (C=O) groups is 2. The van der Waals surface area contributed by atoms with Crippen LogP contribution in [0, 0.1) is 6.92 Å². The van der Waals surface area contributed by atoms with Gasteiger partial charge < -0.3 is 14.2 Å². The van der Waals surface area contributed by atoms with Gasteiger partial charge in [0.2, 0.25) is 0 Å². The molecule has 0 aliphatic carbocycles. The molecule has 0 spiro atoms. The number of unbranched alkanes of at least 4 members (excludes halogenated alkanes) is 4. The van der Waals surface area contributed by atoms with Crippen molar-refractivity contribution in [3.05, 3.63) is 59.7 Å². The van der Waals surface area contributed by atoms with Gasteiger partial charge in [-0.3, -0.25) is 0 Å². The van der Waals surface area contributed by atoms with Crippen molar-refractivity contribution in [1.29, 1.82) is 0 Å². The number of hydrogen-bond donors (Lipinski definition) is 0. The highest BCUT2D eigenvalue weighted by Gasteiger charge is 2.10. The van der Waals surface area contributed by atoms with Gasteiger partial charge in [0, 0.05) is 0 Å². The summed E-state index contributed by atoms with van der Waals surface area (Å²) in [4.78, 5) is 23.8. The second-order valence-electron chi connectivity index (χ2n) is 6.34. The Hall–Kier alpha value is -2.82. The average Bonchev–Trinajstić information content (AvgIpc) is 2.67. The Bertz CT molecular complexity index is 719. The maximum Gasteiger partial charge on any atom is 0.513 e. The molecule has 0 aliphatic heterocycles. The molecule has 0 bridgehead atoms. The summed E-state index contributed by atoms with van der Waals surface area (Å²) in [7, 11) is 0. The fourth-order valence-electron chi connectivity index (χ4n) is 2.42. The third-order valence-electron chi connectivity index (χ3n) is 3.99. The molecule has 0 atom stereocenters. The van der Waals surface area contributed by atoms with Crippen LogP contribution in [0.1, 0.15) is 54.9 Å². The Morgan fingerprint density at radius 1 is 0.778 bits per heavy atom. The van der Waals surface area contributed by atoms with Crippen LogP contribution in [-0.2, 0) is 4.74 Å². The van der Waals surface area contributed by atoms with Crippen LogP contribution in [0.25, 0.3) is 0 Å². The van der Waals surface area contributed by atoms with E-state index in [2.05, 4.69) is 6.92 Å². The van der Waals surface area contributed by atoms with E-state index in [0.717, 1.165) is 24.8 Å². The molecule has 2 aromatic rings. The van der Waals surface area contributed by atoms with Crippen LogP contribution < -0.4 is 9.47 Å². The van der Waals surface area contributed by atoms with Gasteiger partial charge in [-0.2, -0.15) is 0 Å². The van der Waals surface area contributed by atoms with Crippen LogP contribution in [0.2, 0.25) is 0 Å². The largest absolute Gasteiger partial charge is 0.513 e. The van der Waals surface area contributed by atoms with Crippen LogP contribution in [0.15, 0.2) is 48.5 Å². The van der Waals surface area contributed by atoms with E-state index in [1.807, 2.05) is 19.1 Å². The second-order valence-corrected chi connectivity index (χ2v) is 6.34. The predicted molar refractivity (Wildman–Crippen MR) is 103 cm³/mol. The molecule has 0 saturated carbocycles. The highest BCUT2D eigenvalue weighted by Crippen LogP contribution is 2.17. The molecule has 0 heterocycles. The van der Waals surface area contributed by atoms with Crippen molar-refractivity contribution in [1.82, 2.24) is 0 Å². The zero-order valence-electron chi connectivity index (χ0n) is 15.9. The smallest absolute Gasteiger partial charge is 0.434 e. The zero-order valence-corrected chi connectivity index (χ0v) is 15.9. The Balaban J connectivity index is 1.76. The minimum atomic E-state index is -0.736. The van der Waals surface area contributed by atoms with Gasteiger partial charge in [-0.25, -0.2) is 9.59 Å². The molecule has 0 radical (unpaired) electrons. The predicted octanol–water partition coefficient (Wildman–Crippen LogP) is 5.70. The van der Waals surface area contributed by atoms with E-state index in [1.54, 1.807) is 24.3 Å². The highest BCUT2D eigenvalue weighted by atomic mass is 16.7. The molecule has 0 N–H and O–H groups in total. The Morgan fingerprint density at radius 2 is 1.37 bits per heavy atom. The van der Waals surface area contributed by atoms with E-state index in [-0.39, 0.29) is 0 Å². The van der Waals surface area contributed by atoms with Crippen LogP contribution in [-0.4, -0.2) is 18.7 Å². The Labute approximate surface area is 160 Å². The first kappa shape index (κ1) is 20.5. The number of rotatable bonds is 9. The summed E-state index contributed by atoms with van der Waals surface area (Å²) in [5, 5.41) is 0. The SMILES string of the molecule is CCCCCCCOC(=O)Oc1ccc(C(=O)Oc2ccc(C)cc2)cc1. The van der Waals surface area contributed by atoms with Crippen molar-refractivity contribution in [3.8, 4) is 11.5 Å². The van der Waals surface area contributed by atoms with Gasteiger partial charge in [-0.05, 0) is 49.7 Å². The monoisotopic (exact) mass is 370 g/mol. The van der Waals surface area contributed by atoms with Gasteiger partial charge >= 0.3 is 12.1 Å². The summed E-state index contributed by atoms with van der Waals surface area (Å²) in [5.74, 6) is 0.325. The van der Waals surface area contributed by atoms with E-state index in [4.69, 9.17) is 14.2 Å². The van der Waals surface area contributed by atoms with Crippen LogP contribution in [0.4, 0.5) is 4.79 Å². The maximum absolute atomic E-state index is 12.1. The minimum Gasteiger partial charge on any atom is -0.434 e. The molecular weight excluding hydrogens is 344 g/mol. The van der Waals surface area contributed by atoms with Crippen molar-refractivity contribution in [2.24, 2.45) is 0 Å². The third kappa shape index (κ3) is 7.52. The van der Waals surface area contributed by atoms with Crippen molar-refractivity contribution < 1.29 is 23.8 Å². The normalized spacial score (nSPS) is 10.3. The number of hydrogen-bond acceptors (Lipinski definition) is 5. The fourth-order valence-corrected chi connectivity index (χ4v) is 2.42. The van der Waals surface area contributed by atoms with E-state index in [9.17, 15) is 9.59 Å². The second kappa shape index (κ2) is 11.0. The number of carbonyl (C=O) groups excluding carboxylic acids is 2. The molecule has 2 aromatic carbocycles. The molecule has 5 heteroatoms. The topological polar surface area (TPSA) is 61.8 Å². The molecule has 0 saturated heterocycles.